The fourth-order valence-corrected chi connectivity index (χ4v) is 1.85. The molecule has 108 valence electrons. The molecule has 19 heavy (non-hydrogen) atoms. The summed E-state index contributed by atoms with van der Waals surface area (Å²) in [4.78, 5) is 0. The highest BCUT2D eigenvalue weighted by molar-refractivity contribution is 5.16. The maximum absolute atomic E-state index is 12.7. The Morgan fingerprint density at radius 3 is 2.32 bits per heavy atom. The monoisotopic (exact) mass is 277 g/mol. The summed E-state index contributed by atoms with van der Waals surface area (Å²) in [6.45, 7) is 2.53. The number of hydrogen-bond donors (Lipinski definition) is 1. The highest BCUT2D eigenvalue weighted by atomic mass is 19.4. The Balaban J connectivity index is 2.14. The van der Waals surface area contributed by atoms with Gasteiger partial charge in [0.05, 0.1) is 0 Å². The van der Waals surface area contributed by atoms with E-state index in [9.17, 15) is 17.6 Å². The van der Waals surface area contributed by atoms with Gasteiger partial charge in [-0.05, 0) is 50.4 Å². The van der Waals surface area contributed by atoms with Gasteiger partial charge in [0, 0.05) is 12.5 Å². The lowest BCUT2D eigenvalue weighted by molar-refractivity contribution is -0.135. The van der Waals surface area contributed by atoms with Crippen molar-refractivity contribution in [1.82, 2.24) is 5.32 Å². The SMILES string of the molecule is CC(Cc1ccc(F)cc1)NCCCCC(F)(F)F. The lowest BCUT2D eigenvalue weighted by atomic mass is 10.1. The maximum atomic E-state index is 12.7. The van der Waals surface area contributed by atoms with Crippen LogP contribution in [-0.4, -0.2) is 18.8 Å². The number of nitrogens with one attached hydrogen (secondary N) is 1. The number of rotatable bonds is 7. The second kappa shape index (κ2) is 7.48. The number of alkyl halides is 3. The van der Waals surface area contributed by atoms with Gasteiger partial charge in [-0.25, -0.2) is 4.39 Å². The molecule has 0 fully saturated rings. The molecule has 0 aromatic heterocycles. The van der Waals surface area contributed by atoms with Crippen molar-refractivity contribution < 1.29 is 17.6 Å². The fraction of sp³-hybridized carbons (Fsp3) is 0.571. The summed E-state index contributed by atoms with van der Waals surface area (Å²) in [6.07, 6.45) is -3.38. The van der Waals surface area contributed by atoms with Crippen molar-refractivity contribution in [3.8, 4) is 0 Å². The van der Waals surface area contributed by atoms with Gasteiger partial charge in [0.25, 0.3) is 0 Å². The first-order valence-corrected chi connectivity index (χ1v) is 6.41. The van der Waals surface area contributed by atoms with E-state index in [0.29, 0.717) is 13.0 Å². The second-order valence-electron chi connectivity index (χ2n) is 4.76. The van der Waals surface area contributed by atoms with Crippen molar-refractivity contribution in [3.05, 3.63) is 35.6 Å². The Labute approximate surface area is 111 Å². The molecule has 0 aliphatic heterocycles. The first-order valence-electron chi connectivity index (χ1n) is 6.41. The zero-order valence-electron chi connectivity index (χ0n) is 10.9. The molecule has 1 aromatic carbocycles. The van der Waals surface area contributed by atoms with Crippen molar-refractivity contribution in [2.45, 2.75) is 44.8 Å². The van der Waals surface area contributed by atoms with Crippen LogP contribution in [0.5, 0.6) is 0 Å². The lowest BCUT2D eigenvalue weighted by Crippen LogP contribution is -2.29. The minimum atomic E-state index is -4.06. The molecule has 1 unspecified atom stereocenters. The van der Waals surface area contributed by atoms with E-state index in [-0.39, 0.29) is 18.3 Å². The van der Waals surface area contributed by atoms with E-state index in [2.05, 4.69) is 5.32 Å². The molecular formula is C14H19F4N. The molecule has 0 spiro atoms. The number of halogens is 4. The minimum Gasteiger partial charge on any atom is -0.314 e. The van der Waals surface area contributed by atoms with E-state index in [0.717, 1.165) is 12.0 Å². The van der Waals surface area contributed by atoms with E-state index in [1.165, 1.54) is 12.1 Å². The maximum Gasteiger partial charge on any atom is 0.389 e. The van der Waals surface area contributed by atoms with Gasteiger partial charge in [-0.1, -0.05) is 12.1 Å². The second-order valence-corrected chi connectivity index (χ2v) is 4.76. The minimum absolute atomic E-state index is 0.153. The van der Waals surface area contributed by atoms with E-state index in [4.69, 9.17) is 0 Å². The molecule has 1 nitrogen and oxygen atoms in total. The highest BCUT2D eigenvalue weighted by Gasteiger charge is 2.25. The summed E-state index contributed by atoms with van der Waals surface area (Å²) in [7, 11) is 0. The van der Waals surface area contributed by atoms with Crippen molar-refractivity contribution in [3.63, 3.8) is 0 Å². The molecule has 5 heteroatoms. The Bertz CT molecular complexity index is 359. The Kier molecular flexibility index (Phi) is 6.28. The summed E-state index contributed by atoms with van der Waals surface area (Å²) in [5.74, 6) is -0.267. The Morgan fingerprint density at radius 1 is 1.11 bits per heavy atom. The number of benzene rings is 1. The summed E-state index contributed by atoms with van der Waals surface area (Å²) in [5.41, 5.74) is 1.01. The average molecular weight is 277 g/mol. The molecule has 0 heterocycles. The topological polar surface area (TPSA) is 12.0 Å². The van der Waals surface area contributed by atoms with Gasteiger partial charge in [-0.2, -0.15) is 13.2 Å². The first kappa shape index (κ1) is 16.0. The number of unbranched alkanes of at least 4 members (excludes halogenated alkanes) is 1. The molecule has 0 saturated heterocycles. The van der Waals surface area contributed by atoms with E-state index >= 15 is 0 Å². The first-order chi connectivity index (χ1) is 8.87. The van der Waals surface area contributed by atoms with E-state index < -0.39 is 12.6 Å². The van der Waals surface area contributed by atoms with Crippen LogP contribution in [0, 0.1) is 5.82 Å². The van der Waals surface area contributed by atoms with Crippen molar-refractivity contribution in [2.75, 3.05) is 6.54 Å². The van der Waals surface area contributed by atoms with Crippen molar-refractivity contribution >= 4 is 0 Å². The summed E-state index contributed by atoms with van der Waals surface area (Å²) in [6, 6.07) is 6.42. The average Bonchev–Trinajstić information content (AvgIpc) is 2.30. The van der Waals surface area contributed by atoms with Crippen LogP contribution in [0.1, 0.15) is 31.7 Å². The van der Waals surface area contributed by atoms with Crippen LogP contribution in [0.15, 0.2) is 24.3 Å². The van der Waals surface area contributed by atoms with Crippen LogP contribution in [-0.2, 0) is 6.42 Å². The Morgan fingerprint density at radius 2 is 1.74 bits per heavy atom. The van der Waals surface area contributed by atoms with Crippen molar-refractivity contribution in [1.29, 1.82) is 0 Å². The van der Waals surface area contributed by atoms with Crippen LogP contribution < -0.4 is 5.32 Å². The largest absolute Gasteiger partial charge is 0.389 e. The van der Waals surface area contributed by atoms with Gasteiger partial charge in [0.1, 0.15) is 5.82 Å². The lowest BCUT2D eigenvalue weighted by Gasteiger charge is -2.14. The molecule has 0 aliphatic rings. The predicted molar refractivity (Wildman–Crippen MR) is 67.5 cm³/mol. The molecule has 0 amide bonds. The summed E-state index contributed by atoms with van der Waals surface area (Å²) in [5, 5.41) is 3.17. The van der Waals surface area contributed by atoms with Crippen LogP contribution in [0.3, 0.4) is 0 Å². The van der Waals surface area contributed by atoms with Crippen LogP contribution >= 0.6 is 0 Å². The predicted octanol–water partition coefficient (Wildman–Crippen LogP) is 4.08. The third-order valence-electron chi connectivity index (χ3n) is 2.83. The number of hydrogen-bond acceptors (Lipinski definition) is 1. The van der Waals surface area contributed by atoms with Gasteiger partial charge in [-0.15, -0.1) is 0 Å². The molecule has 1 aromatic rings. The van der Waals surface area contributed by atoms with Gasteiger partial charge >= 0.3 is 6.18 Å². The molecule has 0 aliphatic carbocycles. The highest BCUT2D eigenvalue weighted by Crippen LogP contribution is 2.21. The van der Waals surface area contributed by atoms with E-state index in [1.807, 2.05) is 6.92 Å². The molecule has 0 radical (unpaired) electrons. The van der Waals surface area contributed by atoms with Gasteiger partial charge in [0.15, 0.2) is 0 Å². The third-order valence-corrected chi connectivity index (χ3v) is 2.83. The van der Waals surface area contributed by atoms with Gasteiger partial charge in [-0.3, -0.25) is 0 Å². The molecular weight excluding hydrogens is 258 g/mol. The van der Waals surface area contributed by atoms with Gasteiger partial charge in [0.2, 0.25) is 0 Å². The Hall–Kier alpha value is -1.10. The van der Waals surface area contributed by atoms with Gasteiger partial charge < -0.3 is 5.32 Å². The molecule has 0 bridgehead atoms. The molecule has 1 rings (SSSR count). The third kappa shape index (κ3) is 7.82. The van der Waals surface area contributed by atoms with Crippen LogP contribution in [0.2, 0.25) is 0 Å². The summed E-state index contributed by atoms with van der Waals surface area (Å²) < 4.78 is 48.4. The normalized spacial score (nSPS) is 13.5. The molecule has 0 saturated carbocycles. The quantitative estimate of drug-likeness (QED) is 0.585. The molecule has 1 N–H and O–H groups in total. The zero-order chi connectivity index (χ0) is 14.3. The molecule has 1 atom stereocenters. The zero-order valence-corrected chi connectivity index (χ0v) is 10.9. The van der Waals surface area contributed by atoms with E-state index in [1.54, 1.807) is 12.1 Å². The fourth-order valence-electron chi connectivity index (χ4n) is 1.85. The van der Waals surface area contributed by atoms with Crippen LogP contribution in [0.4, 0.5) is 17.6 Å². The standard InChI is InChI=1S/C14H19F4N/c1-11(10-12-4-6-13(15)7-5-12)19-9-3-2-8-14(16,17)18/h4-7,11,19H,2-3,8-10H2,1H3. The smallest absolute Gasteiger partial charge is 0.314 e. The van der Waals surface area contributed by atoms with Crippen LogP contribution in [0.25, 0.3) is 0 Å². The van der Waals surface area contributed by atoms with Crippen molar-refractivity contribution in [2.24, 2.45) is 0 Å². The summed E-state index contributed by atoms with van der Waals surface area (Å²) >= 11 is 0.